The minimum absolute atomic E-state index is 0.0872. The highest BCUT2D eigenvalue weighted by Crippen LogP contribution is 2.15. The molecule has 0 saturated heterocycles. The summed E-state index contributed by atoms with van der Waals surface area (Å²) in [7, 11) is 1.66. The minimum atomic E-state index is -0.0872. The predicted molar refractivity (Wildman–Crippen MR) is 117 cm³/mol. The molecular formula is C22H25N3O2S. The van der Waals surface area contributed by atoms with Crippen LogP contribution >= 0.6 is 12.2 Å². The maximum atomic E-state index is 12.6. The Labute approximate surface area is 170 Å². The zero-order chi connectivity index (χ0) is 19.9. The standard InChI is InChI=1S/C22H25N3O2S/c1-16-8-9-18-13-19(21(26)24-20(18)12-16)15-25(22(28)23-10-11-27-2)14-17-6-4-3-5-7-17/h3-9,12-13H,10-11,14-15H2,1-2H3,(H,23,28)(H,24,26). The number of methoxy groups -OCH3 is 1. The second-order valence-corrected chi connectivity index (χ2v) is 7.17. The molecule has 146 valence electrons. The lowest BCUT2D eigenvalue weighted by molar-refractivity contribution is 0.202. The first kappa shape index (κ1) is 20.0. The fourth-order valence-electron chi connectivity index (χ4n) is 3.06. The average Bonchev–Trinajstić information content (AvgIpc) is 2.69. The van der Waals surface area contributed by atoms with Crippen molar-refractivity contribution in [3.05, 3.63) is 81.6 Å². The number of thiocarbonyl (C=S) groups is 1. The van der Waals surface area contributed by atoms with Crippen LogP contribution < -0.4 is 10.9 Å². The molecule has 0 fully saturated rings. The van der Waals surface area contributed by atoms with Crippen molar-refractivity contribution in [3.8, 4) is 0 Å². The van der Waals surface area contributed by atoms with Gasteiger partial charge >= 0.3 is 0 Å². The first-order chi connectivity index (χ1) is 13.6. The van der Waals surface area contributed by atoms with Gasteiger partial charge in [0.25, 0.3) is 5.56 Å². The van der Waals surface area contributed by atoms with Gasteiger partial charge in [-0.05, 0) is 47.8 Å². The minimum Gasteiger partial charge on any atom is -0.383 e. The van der Waals surface area contributed by atoms with Crippen LogP contribution in [0, 0.1) is 6.92 Å². The van der Waals surface area contributed by atoms with E-state index < -0.39 is 0 Å². The van der Waals surface area contributed by atoms with E-state index in [-0.39, 0.29) is 5.56 Å². The van der Waals surface area contributed by atoms with Gasteiger partial charge in [-0.3, -0.25) is 4.79 Å². The van der Waals surface area contributed by atoms with Crippen molar-refractivity contribution in [3.63, 3.8) is 0 Å². The van der Waals surface area contributed by atoms with E-state index in [0.717, 1.165) is 22.0 Å². The van der Waals surface area contributed by atoms with Crippen molar-refractivity contribution in [2.24, 2.45) is 0 Å². The van der Waals surface area contributed by atoms with Crippen LogP contribution in [-0.2, 0) is 17.8 Å². The highest BCUT2D eigenvalue weighted by atomic mass is 32.1. The molecule has 6 heteroatoms. The topological polar surface area (TPSA) is 57.4 Å². The summed E-state index contributed by atoms with van der Waals surface area (Å²) in [6.45, 7) is 4.23. The number of benzene rings is 2. The zero-order valence-corrected chi connectivity index (χ0v) is 17.0. The monoisotopic (exact) mass is 395 g/mol. The molecule has 0 aliphatic rings. The third kappa shape index (κ3) is 5.18. The Kier molecular flexibility index (Phi) is 6.79. The third-order valence-electron chi connectivity index (χ3n) is 4.53. The quantitative estimate of drug-likeness (QED) is 0.475. The number of nitrogens with zero attached hydrogens (tertiary/aromatic N) is 1. The van der Waals surface area contributed by atoms with Gasteiger partial charge in [-0.1, -0.05) is 42.5 Å². The second-order valence-electron chi connectivity index (χ2n) is 6.78. The molecule has 0 unspecified atom stereocenters. The van der Waals surface area contributed by atoms with Crippen molar-refractivity contribution in [1.82, 2.24) is 15.2 Å². The lowest BCUT2D eigenvalue weighted by atomic mass is 10.1. The van der Waals surface area contributed by atoms with E-state index >= 15 is 0 Å². The van der Waals surface area contributed by atoms with Crippen molar-refractivity contribution in [1.29, 1.82) is 0 Å². The van der Waals surface area contributed by atoms with Crippen LogP contribution in [0.5, 0.6) is 0 Å². The van der Waals surface area contributed by atoms with Gasteiger partial charge in [0.15, 0.2) is 5.11 Å². The number of ether oxygens (including phenoxy) is 1. The summed E-state index contributed by atoms with van der Waals surface area (Å²) in [6.07, 6.45) is 0. The van der Waals surface area contributed by atoms with E-state index in [9.17, 15) is 4.79 Å². The highest BCUT2D eigenvalue weighted by Gasteiger charge is 2.14. The Hall–Kier alpha value is -2.70. The molecule has 0 spiro atoms. The van der Waals surface area contributed by atoms with Gasteiger partial charge in [-0.15, -0.1) is 0 Å². The van der Waals surface area contributed by atoms with Gasteiger partial charge < -0.3 is 19.9 Å². The zero-order valence-electron chi connectivity index (χ0n) is 16.2. The first-order valence-corrected chi connectivity index (χ1v) is 9.66. The number of aromatic nitrogens is 1. The summed E-state index contributed by atoms with van der Waals surface area (Å²) in [4.78, 5) is 17.6. The Bertz CT molecular complexity index is 1000. The number of rotatable bonds is 7. The van der Waals surface area contributed by atoms with E-state index in [0.29, 0.717) is 36.9 Å². The smallest absolute Gasteiger partial charge is 0.253 e. The van der Waals surface area contributed by atoms with Crippen molar-refractivity contribution in [2.45, 2.75) is 20.0 Å². The van der Waals surface area contributed by atoms with Gasteiger partial charge in [-0.25, -0.2) is 0 Å². The van der Waals surface area contributed by atoms with Gasteiger partial charge in [-0.2, -0.15) is 0 Å². The largest absolute Gasteiger partial charge is 0.383 e. The lowest BCUT2D eigenvalue weighted by Crippen LogP contribution is -2.41. The van der Waals surface area contributed by atoms with E-state index in [1.807, 2.05) is 54.3 Å². The number of fused-ring (bicyclic) bond motifs is 1. The number of aryl methyl sites for hydroxylation is 1. The van der Waals surface area contributed by atoms with E-state index in [2.05, 4.69) is 22.4 Å². The number of pyridine rings is 1. The Morgan fingerprint density at radius 2 is 1.93 bits per heavy atom. The summed E-state index contributed by atoms with van der Waals surface area (Å²) in [5.74, 6) is 0. The maximum absolute atomic E-state index is 12.6. The second kappa shape index (κ2) is 9.48. The molecule has 3 aromatic rings. The molecule has 0 atom stereocenters. The molecule has 3 rings (SSSR count). The molecule has 5 nitrogen and oxygen atoms in total. The van der Waals surface area contributed by atoms with Crippen LogP contribution in [0.15, 0.2) is 59.4 Å². The fraction of sp³-hybridized carbons (Fsp3) is 0.273. The summed E-state index contributed by atoms with van der Waals surface area (Å²) < 4.78 is 5.09. The molecule has 0 amide bonds. The van der Waals surface area contributed by atoms with Crippen LogP contribution in [0.2, 0.25) is 0 Å². The van der Waals surface area contributed by atoms with E-state index in [1.54, 1.807) is 7.11 Å². The average molecular weight is 396 g/mol. The normalized spacial score (nSPS) is 10.8. The van der Waals surface area contributed by atoms with Crippen molar-refractivity contribution >= 4 is 28.2 Å². The van der Waals surface area contributed by atoms with E-state index in [4.69, 9.17) is 17.0 Å². The lowest BCUT2D eigenvalue weighted by Gasteiger charge is -2.26. The summed E-state index contributed by atoms with van der Waals surface area (Å²) >= 11 is 5.59. The summed E-state index contributed by atoms with van der Waals surface area (Å²) in [5, 5.41) is 4.82. The fourth-order valence-corrected chi connectivity index (χ4v) is 3.29. The van der Waals surface area contributed by atoms with Crippen molar-refractivity contribution < 1.29 is 4.74 Å². The summed E-state index contributed by atoms with van der Waals surface area (Å²) in [6, 6.07) is 18.1. The molecule has 28 heavy (non-hydrogen) atoms. The first-order valence-electron chi connectivity index (χ1n) is 9.25. The van der Waals surface area contributed by atoms with Gasteiger partial charge in [0.05, 0.1) is 13.2 Å². The Morgan fingerprint density at radius 1 is 1.14 bits per heavy atom. The molecule has 0 aliphatic heterocycles. The molecule has 2 aromatic carbocycles. The number of nitrogens with one attached hydrogen (secondary N) is 2. The number of hydrogen-bond acceptors (Lipinski definition) is 3. The predicted octanol–water partition coefficient (Wildman–Crippen LogP) is 3.36. The Balaban J connectivity index is 1.86. The molecule has 1 aromatic heterocycles. The van der Waals surface area contributed by atoms with Crippen LogP contribution in [0.4, 0.5) is 0 Å². The molecule has 0 saturated carbocycles. The SMILES string of the molecule is COCCNC(=S)N(Cc1ccccc1)Cc1cc2ccc(C)cc2[nH]c1=O. The summed E-state index contributed by atoms with van der Waals surface area (Å²) in [5.41, 5.74) is 3.69. The van der Waals surface area contributed by atoms with Crippen LogP contribution in [0.1, 0.15) is 16.7 Å². The van der Waals surface area contributed by atoms with E-state index in [1.165, 1.54) is 0 Å². The number of hydrogen-bond donors (Lipinski definition) is 2. The van der Waals surface area contributed by atoms with Gasteiger partial charge in [0.1, 0.15) is 0 Å². The van der Waals surface area contributed by atoms with Crippen LogP contribution in [0.25, 0.3) is 10.9 Å². The molecular weight excluding hydrogens is 370 g/mol. The third-order valence-corrected chi connectivity index (χ3v) is 4.93. The highest BCUT2D eigenvalue weighted by molar-refractivity contribution is 7.80. The van der Waals surface area contributed by atoms with Gasteiger partial charge in [0, 0.05) is 31.3 Å². The molecule has 0 radical (unpaired) electrons. The van der Waals surface area contributed by atoms with Crippen LogP contribution in [-0.4, -0.2) is 35.3 Å². The molecule has 2 N–H and O–H groups in total. The Morgan fingerprint density at radius 3 is 2.68 bits per heavy atom. The number of aromatic amines is 1. The molecule has 0 bridgehead atoms. The van der Waals surface area contributed by atoms with Crippen molar-refractivity contribution in [2.75, 3.05) is 20.3 Å². The van der Waals surface area contributed by atoms with Crippen LogP contribution in [0.3, 0.4) is 0 Å². The van der Waals surface area contributed by atoms with Gasteiger partial charge in [0.2, 0.25) is 0 Å². The number of H-pyrrole nitrogens is 1. The molecule has 0 aliphatic carbocycles. The molecule has 1 heterocycles. The maximum Gasteiger partial charge on any atom is 0.253 e.